The zero-order valence-corrected chi connectivity index (χ0v) is 16.2. The van der Waals surface area contributed by atoms with E-state index in [1.165, 1.54) is 0 Å². The van der Waals surface area contributed by atoms with Crippen LogP contribution in [0.2, 0.25) is 0 Å². The third kappa shape index (κ3) is 7.92. The second-order valence-corrected chi connectivity index (χ2v) is 8.12. The summed E-state index contributed by atoms with van der Waals surface area (Å²) in [6, 6.07) is 4.59. The SMILES string of the molecule is Cc1cc(N)ccc1C[C@H](NC(=O)OC(C)(C)C)C(=O)OC(C)(C)C. The number of ether oxygens (including phenoxy) is 2. The number of esters is 1. The maximum atomic E-state index is 12.5. The molecule has 0 unspecified atom stereocenters. The Labute approximate surface area is 150 Å². The zero-order chi connectivity index (χ0) is 19.4. The molecule has 0 saturated heterocycles. The topological polar surface area (TPSA) is 90.6 Å². The fourth-order valence-corrected chi connectivity index (χ4v) is 2.18. The Hall–Kier alpha value is -2.24. The minimum Gasteiger partial charge on any atom is -0.458 e. The van der Waals surface area contributed by atoms with Gasteiger partial charge in [0, 0.05) is 12.1 Å². The van der Waals surface area contributed by atoms with E-state index in [0.29, 0.717) is 12.1 Å². The summed E-state index contributed by atoms with van der Waals surface area (Å²) < 4.78 is 10.7. The van der Waals surface area contributed by atoms with Crippen molar-refractivity contribution in [3.8, 4) is 0 Å². The summed E-state index contributed by atoms with van der Waals surface area (Å²) in [5.41, 5.74) is 6.96. The van der Waals surface area contributed by atoms with Crippen LogP contribution < -0.4 is 11.1 Å². The van der Waals surface area contributed by atoms with E-state index in [2.05, 4.69) is 5.32 Å². The molecule has 3 N–H and O–H groups in total. The summed E-state index contributed by atoms with van der Waals surface area (Å²) in [6.45, 7) is 12.5. The molecule has 1 aromatic rings. The van der Waals surface area contributed by atoms with Gasteiger partial charge in [0.1, 0.15) is 17.2 Å². The second kappa shape index (κ2) is 7.76. The van der Waals surface area contributed by atoms with E-state index < -0.39 is 29.3 Å². The van der Waals surface area contributed by atoms with Crippen molar-refractivity contribution in [2.45, 2.75) is 72.1 Å². The zero-order valence-electron chi connectivity index (χ0n) is 16.2. The van der Waals surface area contributed by atoms with Crippen LogP contribution in [0.3, 0.4) is 0 Å². The first kappa shape index (κ1) is 20.8. The third-order valence-corrected chi connectivity index (χ3v) is 3.17. The number of rotatable bonds is 4. The Kier molecular flexibility index (Phi) is 6.46. The molecule has 6 nitrogen and oxygen atoms in total. The van der Waals surface area contributed by atoms with Crippen molar-refractivity contribution >= 4 is 17.7 Å². The van der Waals surface area contributed by atoms with Gasteiger partial charge in [0.25, 0.3) is 0 Å². The molecule has 0 heterocycles. The second-order valence-electron chi connectivity index (χ2n) is 8.12. The first-order valence-electron chi connectivity index (χ1n) is 8.34. The van der Waals surface area contributed by atoms with E-state index in [4.69, 9.17) is 15.2 Å². The van der Waals surface area contributed by atoms with Crippen molar-refractivity contribution in [3.63, 3.8) is 0 Å². The molecule has 0 radical (unpaired) electrons. The van der Waals surface area contributed by atoms with Crippen LogP contribution in [-0.4, -0.2) is 29.3 Å². The van der Waals surface area contributed by atoms with E-state index in [0.717, 1.165) is 11.1 Å². The molecular formula is C19H30N2O4. The molecule has 1 aromatic carbocycles. The van der Waals surface area contributed by atoms with Crippen LogP contribution in [0, 0.1) is 6.92 Å². The van der Waals surface area contributed by atoms with Gasteiger partial charge in [-0.2, -0.15) is 0 Å². The van der Waals surface area contributed by atoms with Crippen LogP contribution in [0.1, 0.15) is 52.7 Å². The number of hydrogen-bond donors (Lipinski definition) is 2. The van der Waals surface area contributed by atoms with Crippen LogP contribution in [-0.2, 0) is 20.7 Å². The number of anilines is 1. The summed E-state index contributed by atoms with van der Waals surface area (Å²) in [5, 5.41) is 2.62. The van der Waals surface area contributed by atoms with Gasteiger partial charge in [-0.05, 0) is 71.7 Å². The van der Waals surface area contributed by atoms with Gasteiger partial charge in [-0.1, -0.05) is 6.07 Å². The van der Waals surface area contributed by atoms with Crippen molar-refractivity contribution in [3.05, 3.63) is 29.3 Å². The van der Waals surface area contributed by atoms with E-state index in [-0.39, 0.29) is 0 Å². The number of nitrogens with two attached hydrogens (primary N) is 1. The van der Waals surface area contributed by atoms with Gasteiger partial charge in [0.2, 0.25) is 0 Å². The molecular weight excluding hydrogens is 320 g/mol. The lowest BCUT2D eigenvalue weighted by Crippen LogP contribution is -2.47. The minimum atomic E-state index is -0.851. The first-order chi connectivity index (χ1) is 11.3. The number of benzene rings is 1. The molecule has 0 bridgehead atoms. The van der Waals surface area contributed by atoms with Gasteiger partial charge >= 0.3 is 12.1 Å². The number of aryl methyl sites for hydroxylation is 1. The Morgan fingerprint density at radius 2 is 1.64 bits per heavy atom. The van der Waals surface area contributed by atoms with Gasteiger partial charge in [0.15, 0.2) is 0 Å². The molecule has 0 aromatic heterocycles. The molecule has 1 rings (SSSR count). The number of hydrogen-bond acceptors (Lipinski definition) is 5. The summed E-state index contributed by atoms with van der Waals surface area (Å²) in [5.74, 6) is -0.505. The summed E-state index contributed by atoms with van der Waals surface area (Å²) in [7, 11) is 0. The molecule has 0 aliphatic carbocycles. The van der Waals surface area contributed by atoms with Gasteiger partial charge < -0.3 is 20.5 Å². The van der Waals surface area contributed by atoms with Crippen molar-refractivity contribution < 1.29 is 19.1 Å². The quantitative estimate of drug-likeness (QED) is 0.642. The van der Waals surface area contributed by atoms with Crippen molar-refractivity contribution in [2.75, 3.05) is 5.73 Å². The van der Waals surface area contributed by atoms with Gasteiger partial charge in [-0.3, -0.25) is 0 Å². The summed E-state index contributed by atoms with van der Waals surface area (Å²) >= 11 is 0. The molecule has 1 amide bonds. The standard InChI is InChI=1S/C19H30N2O4/c1-12-10-14(20)9-8-13(12)11-15(16(22)24-18(2,3)4)21-17(23)25-19(5,6)7/h8-10,15H,11,20H2,1-7H3,(H,21,23)/t15-/m0/s1. The number of carbonyl (C=O) groups is 2. The lowest BCUT2D eigenvalue weighted by atomic mass is 10.0. The minimum absolute atomic E-state index is 0.292. The maximum absolute atomic E-state index is 12.5. The number of carbonyl (C=O) groups excluding carboxylic acids is 2. The van der Waals surface area contributed by atoms with Crippen LogP contribution in [0.25, 0.3) is 0 Å². The largest absolute Gasteiger partial charge is 0.458 e. The average molecular weight is 350 g/mol. The molecule has 25 heavy (non-hydrogen) atoms. The lowest BCUT2D eigenvalue weighted by molar-refractivity contribution is -0.157. The van der Waals surface area contributed by atoms with Crippen molar-refractivity contribution in [1.82, 2.24) is 5.32 Å². The molecule has 0 fully saturated rings. The number of amides is 1. The Morgan fingerprint density at radius 1 is 1.08 bits per heavy atom. The van der Waals surface area contributed by atoms with Crippen LogP contribution >= 0.6 is 0 Å². The van der Waals surface area contributed by atoms with E-state index in [9.17, 15) is 9.59 Å². The molecule has 0 saturated carbocycles. The van der Waals surface area contributed by atoms with Crippen molar-refractivity contribution in [2.24, 2.45) is 0 Å². The monoisotopic (exact) mass is 350 g/mol. The predicted octanol–water partition coefficient (Wildman–Crippen LogP) is 3.35. The Balaban J connectivity index is 2.98. The molecule has 1 atom stereocenters. The van der Waals surface area contributed by atoms with Crippen LogP contribution in [0.15, 0.2) is 18.2 Å². The number of alkyl carbamates (subject to hydrolysis) is 1. The maximum Gasteiger partial charge on any atom is 0.408 e. The number of nitrogens with one attached hydrogen (secondary N) is 1. The molecule has 0 aliphatic heterocycles. The van der Waals surface area contributed by atoms with E-state index in [1.54, 1.807) is 47.6 Å². The highest BCUT2D eigenvalue weighted by atomic mass is 16.6. The van der Waals surface area contributed by atoms with Gasteiger partial charge in [0.05, 0.1) is 0 Å². The van der Waals surface area contributed by atoms with Gasteiger partial charge in [-0.25, -0.2) is 9.59 Å². The van der Waals surface area contributed by atoms with E-state index in [1.807, 2.05) is 19.1 Å². The fourth-order valence-electron chi connectivity index (χ4n) is 2.18. The van der Waals surface area contributed by atoms with E-state index >= 15 is 0 Å². The fraction of sp³-hybridized carbons (Fsp3) is 0.579. The highest BCUT2D eigenvalue weighted by Crippen LogP contribution is 2.17. The van der Waals surface area contributed by atoms with Gasteiger partial charge in [-0.15, -0.1) is 0 Å². The predicted molar refractivity (Wildman–Crippen MR) is 98.3 cm³/mol. The molecule has 6 heteroatoms. The lowest BCUT2D eigenvalue weighted by Gasteiger charge is -2.26. The summed E-state index contributed by atoms with van der Waals surface area (Å²) in [4.78, 5) is 24.6. The smallest absolute Gasteiger partial charge is 0.408 e. The average Bonchev–Trinajstić information content (AvgIpc) is 2.36. The Bertz CT molecular complexity index is 627. The summed E-state index contributed by atoms with van der Waals surface area (Å²) in [6.07, 6.45) is -0.364. The van der Waals surface area contributed by atoms with Crippen molar-refractivity contribution in [1.29, 1.82) is 0 Å². The molecule has 140 valence electrons. The molecule has 0 aliphatic rings. The normalized spacial score (nSPS) is 13.1. The van der Waals surface area contributed by atoms with Crippen LogP contribution in [0.4, 0.5) is 10.5 Å². The molecule has 0 spiro atoms. The third-order valence-electron chi connectivity index (χ3n) is 3.17. The number of nitrogen functional groups attached to an aromatic ring is 1. The first-order valence-corrected chi connectivity index (χ1v) is 8.34. The highest BCUT2D eigenvalue weighted by molar-refractivity contribution is 5.82. The Morgan fingerprint density at radius 3 is 2.12 bits per heavy atom. The highest BCUT2D eigenvalue weighted by Gasteiger charge is 2.29. The van der Waals surface area contributed by atoms with Crippen LogP contribution in [0.5, 0.6) is 0 Å².